The SMILES string of the molecule is [Cl-].[NH-]CC[NH-].[NH-]CC[NH-].[O]=[Os+2]=[O]. The van der Waals surface area contributed by atoms with E-state index in [0.29, 0.717) is 0 Å². The Labute approximate surface area is 86.1 Å². The standard InChI is InChI=1S/2C2H6N2.ClH.2O.Os/c2*3-1-2-4;;;;/h2*3-4H,1-2H2;1H;;;/q2*-2;;;;+2/p-1. The second-order valence-corrected chi connectivity index (χ2v) is 1.48. The first-order valence-corrected chi connectivity index (χ1v) is 4.78. The average Bonchev–Trinajstić information content (AvgIpc) is 2.06. The molecule has 8 heteroatoms. The van der Waals surface area contributed by atoms with Gasteiger partial charge in [0.25, 0.3) is 0 Å². The van der Waals surface area contributed by atoms with E-state index in [4.69, 9.17) is 30.0 Å². The molecule has 4 N–H and O–H groups in total. The molecule has 0 heterocycles. The van der Waals surface area contributed by atoms with Gasteiger partial charge in [-0.15, -0.1) is 0 Å². The van der Waals surface area contributed by atoms with Crippen LogP contribution in [0.2, 0.25) is 0 Å². The molecule has 0 aromatic carbocycles. The van der Waals surface area contributed by atoms with Crippen molar-refractivity contribution in [2.45, 2.75) is 0 Å². The van der Waals surface area contributed by atoms with Crippen LogP contribution in [0.4, 0.5) is 0 Å². The fraction of sp³-hybridized carbons (Fsp3) is 1.00. The molecule has 0 bridgehead atoms. The topological polar surface area (TPSA) is 129 Å². The van der Waals surface area contributed by atoms with E-state index >= 15 is 0 Å². The Kier molecular flexibility index (Phi) is 80.7. The van der Waals surface area contributed by atoms with E-state index in [9.17, 15) is 0 Å². The normalized spacial score (nSPS) is 6.00. The maximum absolute atomic E-state index is 8.51. The molecule has 0 spiro atoms. The molecule has 0 saturated carbocycles. The van der Waals surface area contributed by atoms with Gasteiger partial charge in [-0.3, -0.25) is 0 Å². The summed E-state index contributed by atoms with van der Waals surface area (Å²) in [6, 6.07) is 0. The van der Waals surface area contributed by atoms with Gasteiger partial charge < -0.3 is 35.3 Å². The summed E-state index contributed by atoms with van der Waals surface area (Å²) in [5, 5.41) is 0. The molecule has 0 aliphatic carbocycles. The summed E-state index contributed by atoms with van der Waals surface area (Å²) < 4.78 is 17.0. The molecule has 0 atom stereocenters. The molecule has 0 radical (unpaired) electrons. The quantitative estimate of drug-likeness (QED) is 0.611. The first kappa shape index (κ1) is 22.8. The predicted molar refractivity (Wildman–Crippen MR) is 38.1 cm³/mol. The Morgan fingerprint density at radius 1 is 0.750 bits per heavy atom. The summed E-state index contributed by atoms with van der Waals surface area (Å²) >= 11 is -2.08. The van der Waals surface area contributed by atoms with Crippen LogP contribution < -0.4 is 12.4 Å². The number of nitrogens with one attached hydrogen (secondary N) is 4. The van der Waals surface area contributed by atoms with Crippen LogP contribution in [0.5, 0.6) is 0 Å². The molecular formula is C4H12ClN4O2Os-3. The van der Waals surface area contributed by atoms with Crippen molar-refractivity contribution < 1.29 is 36.8 Å². The Hall–Kier alpha value is 0.366. The van der Waals surface area contributed by atoms with Crippen LogP contribution in [-0.4, -0.2) is 26.2 Å². The third-order valence-electron chi connectivity index (χ3n) is 0.250. The second kappa shape index (κ2) is 42.4. The summed E-state index contributed by atoms with van der Waals surface area (Å²) in [4.78, 5) is 0. The van der Waals surface area contributed by atoms with Crippen molar-refractivity contribution in [3.63, 3.8) is 0 Å². The fourth-order valence-corrected chi connectivity index (χ4v) is 0. The Balaban J connectivity index is -0.0000000389. The van der Waals surface area contributed by atoms with Gasteiger partial charge in [0.1, 0.15) is 0 Å². The van der Waals surface area contributed by atoms with Crippen molar-refractivity contribution >= 4 is 0 Å². The zero-order valence-corrected chi connectivity index (χ0v) is 9.67. The van der Waals surface area contributed by atoms with Crippen molar-refractivity contribution in [3.8, 4) is 0 Å². The van der Waals surface area contributed by atoms with E-state index in [2.05, 4.69) is 0 Å². The van der Waals surface area contributed by atoms with Gasteiger partial charge >= 0.3 is 24.4 Å². The molecule has 0 aromatic heterocycles. The molecule has 0 amide bonds. The Bertz CT molecular complexity index is 73.5. The first-order valence-electron chi connectivity index (χ1n) is 2.70. The average molecular weight is 374 g/mol. The van der Waals surface area contributed by atoms with E-state index in [0.717, 1.165) is 0 Å². The second-order valence-electron chi connectivity index (χ2n) is 1.06. The monoisotopic (exact) mass is 375 g/mol. The van der Waals surface area contributed by atoms with E-state index in [1.54, 1.807) is 0 Å². The number of hydrogen-bond acceptors (Lipinski definition) is 2. The van der Waals surface area contributed by atoms with Gasteiger partial charge in [0.05, 0.1) is 0 Å². The number of halogens is 1. The number of hydrogen-bond donors (Lipinski definition) is 0. The van der Waals surface area contributed by atoms with Gasteiger partial charge in [-0.2, -0.15) is 26.2 Å². The van der Waals surface area contributed by atoms with Gasteiger partial charge in [0.15, 0.2) is 0 Å². The summed E-state index contributed by atoms with van der Waals surface area (Å²) in [6.07, 6.45) is 0. The van der Waals surface area contributed by atoms with Crippen molar-refractivity contribution in [1.82, 2.24) is 0 Å². The summed E-state index contributed by atoms with van der Waals surface area (Å²) in [6.45, 7) is 0.944. The van der Waals surface area contributed by atoms with Crippen LogP contribution in [-0.2, 0) is 24.4 Å². The van der Waals surface area contributed by atoms with Gasteiger partial charge in [0.2, 0.25) is 0 Å². The molecule has 0 rings (SSSR count). The van der Waals surface area contributed by atoms with E-state index in [-0.39, 0.29) is 38.6 Å². The van der Waals surface area contributed by atoms with Gasteiger partial charge in [-0.25, -0.2) is 0 Å². The van der Waals surface area contributed by atoms with E-state index < -0.39 is 17.3 Å². The van der Waals surface area contributed by atoms with Crippen LogP contribution in [0, 0.1) is 0 Å². The van der Waals surface area contributed by atoms with Crippen molar-refractivity contribution in [2.75, 3.05) is 26.2 Å². The summed E-state index contributed by atoms with van der Waals surface area (Å²) in [7, 11) is 0. The van der Waals surface area contributed by atoms with Crippen LogP contribution >= 0.6 is 0 Å². The molecular weight excluding hydrogens is 362 g/mol. The summed E-state index contributed by atoms with van der Waals surface area (Å²) in [5.41, 5.74) is 25.1. The number of rotatable bonds is 2. The fourth-order valence-electron chi connectivity index (χ4n) is 0. The van der Waals surface area contributed by atoms with Crippen LogP contribution in [0.25, 0.3) is 22.9 Å². The Morgan fingerprint density at radius 3 is 0.833 bits per heavy atom. The van der Waals surface area contributed by atoms with Gasteiger partial charge in [0, 0.05) is 0 Å². The zero-order valence-electron chi connectivity index (χ0n) is 6.38. The van der Waals surface area contributed by atoms with Gasteiger partial charge in [-0.05, 0) is 0 Å². The molecule has 0 fully saturated rings. The molecule has 0 saturated heterocycles. The van der Waals surface area contributed by atoms with Gasteiger partial charge in [-0.1, -0.05) is 0 Å². The molecule has 12 heavy (non-hydrogen) atoms. The molecule has 0 aromatic rings. The molecule has 0 unspecified atom stereocenters. The summed E-state index contributed by atoms with van der Waals surface area (Å²) in [5.74, 6) is 0. The zero-order chi connectivity index (χ0) is 9.54. The van der Waals surface area contributed by atoms with Crippen LogP contribution in [0.1, 0.15) is 0 Å². The Morgan fingerprint density at radius 2 is 0.833 bits per heavy atom. The molecule has 6 nitrogen and oxygen atoms in total. The van der Waals surface area contributed by atoms with Crippen LogP contribution in [0.15, 0.2) is 0 Å². The molecule has 0 aliphatic rings. The molecule has 78 valence electrons. The van der Waals surface area contributed by atoms with E-state index in [1.807, 2.05) is 0 Å². The maximum atomic E-state index is 8.51. The van der Waals surface area contributed by atoms with Crippen LogP contribution in [0.3, 0.4) is 0 Å². The van der Waals surface area contributed by atoms with Crippen molar-refractivity contribution in [1.29, 1.82) is 0 Å². The van der Waals surface area contributed by atoms with E-state index in [1.165, 1.54) is 0 Å². The minimum absolute atomic E-state index is 0. The predicted octanol–water partition coefficient (Wildman–Crippen LogP) is -1.05. The third kappa shape index (κ3) is 162. The van der Waals surface area contributed by atoms with Crippen molar-refractivity contribution in [2.24, 2.45) is 0 Å². The first-order chi connectivity index (χ1) is 5.24. The van der Waals surface area contributed by atoms with Crippen molar-refractivity contribution in [3.05, 3.63) is 22.9 Å². The minimum atomic E-state index is -2.08. The third-order valence-corrected chi connectivity index (χ3v) is 0.250. The molecule has 0 aliphatic heterocycles.